The Hall–Kier alpha value is -1.32. The van der Waals surface area contributed by atoms with Crippen molar-refractivity contribution in [2.24, 2.45) is 5.92 Å². The van der Waals surface area contributed by atoms with E-state index >= 15 is 0 Å². The monoisotopic (exact) mass is 320 g/mol. The maximum absolute atomic E-state index is 12.3. The van der Waals surface area contributed by atoms with Crippen molar-refractivity contribution in [2.45, 2.75) is 71.1 Å². The van der Waals surface area contributed by atoms with Crippen molar-refractivity contribution >= 4 is 11.8 Å². The fourth-order valence-electron chi connectivity index (χ4n) is 3.50. The third-order valence-electron chi connectivity index (χ3n) is 5.09. The van der Waals surface area contributed by atoms with Gasteiger partial charge < -0.3 is 10.2 Å². The third-order valence-corrected chi connectivity index (χ3v) is 5.09. The lowest BCUT2D eigenvalue weighted by Gasteiger charge is -2.31. The molecule has 4 heteroatoms. The standard InChI is InChI=1S/C19H32N2O2/c1-2-3-9-18(22)21-14-11-17(12-15-21)19(23)20-13-10-16-7-5-4-6-8-16/h7,17H,2-6,8-15H2,1H3,(H,20,23). The number of likely N-dealkylation sites (tertiary alicyclic amines) is 1. The number of hydrogen-bond acceptors (Lipinski definition) is 2. The van der Waals surface area contributed by atoms with E-state index in [1.54, 1.807) is 0 Å². The van der Waals surface area contributed by atoms with Gasteiger partial charge in [0.1, 0.15) is 0 Å². The van der Waals surface area contributed by atoms with Gasteiger partial charge in [0, 0.05) is 32.0 Å². The molecule has 4 nitrogen and oxygen atoms in total. The van der Waals surface area contributed by atoms with Gasteiger partial charge >= 0.3 is 0 Å². The van der Waals surface area contributed by atoms with Gasteiger partial charge in [-0.25, -0.2) is 0 Å². The molecule has 0 atom stereocenters. The van der Waals surface area contributed by atoms with Gasteiger partial charge in [0.15, 0.2) is 0 Å². The first kappa shape index (κ1) is 18.0. The van der Waals surface area contributed by atoms with Gasteiger partial charge in [-0.1, -0.05) is 25.0 Å². The van der Waals surface area contributed by atoms with Crippen LogP contribution in [-0.4, -0.2) is 36.3 Å². The Balaban J connectivity index is 1.63. The average molecular weight is 320 g/mol. The quantitative estimate of drug-likeness (QED) is 0.731. The Morgan fingerprint density at radius 1 is 1.26 bits per heavy atom. The van der Waals surface area contributed by atoms with Crippen LogP contribution < -0.4 is 5.32 Å². The minimum Gasteiger partial charge on any atom is -0.356 e. The van der Waals surface area contributed by atoms with Crippen molar-refractivity contribution in [1.29, 1.82) is 0 Å². The summed E-state index contributed by atoms with van der Waals surface area (Å²) in [6.07, 6.45) is 12.7. The predicted octanol–water partition coefficient (Wildman–Crippen LogP) is 3.42. The molecular weight excluding hydrogens is 288 g/mol. The normalized spacial score (nSPS) is 19.3. The molecule has 1 aliphatic carbocycles. The average Bonchev–Trinajstić information content (AvgIpc) is 2.60. The minimum atomic E-state index is 0.0885. The van der Waals surface area contributed by atoms with Crippen LogP contribution in [0.25, 0.3) is 0 Å². The van der Waals surface area contributed by atoms with E-state index in [9.17, 15) is 9.59 Å². The first-order valence-corrected chi connectivity index (χ1v) is 9.44. The Labute approximate surface area is 140 Å². The molecule has 0 aromatic heterocycles. The van der Waals surface area contributed by atoms with Gasteiger partial charge in [-0.05, 0) is 51.4 Å². The second-order valence-corrected chi connectivity index (χ2v) is 6.91. The Morgan fingerprint density at radius 2 is 2.04 bits per heavy atom. The van der Waals surface area contributed by atoms with Crippen LogP contribution in [0, 0.1) is 5.92 Å². The highest BCUT2D eigenvalue weighted by Gasteiger charge is 2.26. The summed E-state index contributed by atoms with van der Waals surface area (Å²) in [5.41, 5.74) is 1.51. The summed E-state index contributed by atoms with van der Waals surface area (Å²) >= 11 is 0. The van der Waals surface area contributed by atoms with E-state index in [1.807, 2.05) is 4.90 Å². The van der Waals surface area contributed by atoms with Crippen LogP contribution >= 0.6 is 0 Å². The third kappa shape index (κ3) is 6.00. The molecule has 130 valence electrons. The maximum atomic E-state index is 12.3. The summed E-state index contributed by atoms with van der Waals surface area (Å²) in [7, 11) is 0. The van der Waals surface area contributed by atoms with Crippen molar-refractivity contribution in [3.05, 3.63) is 11.6 Å². The molecule has 1 heterocycles. The molecule has 0 unspecified atom stereocenters. The smallest absolute Gasteiger partial charge is 0.223 e. The zero-order valence-corrected chi connectivity index (χ0v) is 14.6. The first-order valence-electron chi connectivity index (χ1n) is 9.44. The van der Waals surface area contributed by atoms with Crippen LogP contribution in [0.4, 0.5) is 0 Å². The molecule has 1 N–H and O–H groups in total. The second kappa shape index (κ2) is 9.74. The van der Waals surface area contributed by atoms with Gasteiger partial charge in [0.25, 0.3) is 0 Å². The Kier molecular flexibility index (Phi) is 7.63. The SMILES string of the molecule is CCCCC(=O)N1CCC(C(=O)NCCC2=CCCCC2)CC1. The molecule has 2 rings (SSSR count). The van der Waals surface area contributed by atoms with Gasteiger partial charge in [-0.15, -0.1) is 0 Å². The van der Waals surface area contributed by atoms with Gasteiger partial charge in [-0.3, -0.25) is 9.59 Å². The number of carbonyl (C=O) groups excluding carboxylic acids is 2. The number of piperidine rings is 1. The number of rotatable bonds is 7. The molecule has 2 aliphatic rings. The molecule has 0 radical (unpaired) electrons. The predicted molar refractivity (Wildman–Crippen MR) is 93.0 cm³/mol. The van der Waals surface area contributed by atoms with Crippen LogP contribution in [-0.2, 0) is 9.59 Å². The van der Waals surface area contributed by atoms with E-state index < -0.39 is 0 Å². The Bertz CT molecular complexity index is 423. The highest BCUT2D eigenvalue weighted by Crippen LogP contribution is 2.20. The zero-order valence-electron chi connectivity index (χ0n) is 14.6. The molecule has 1 fully saturated rings. The van der Waals surface area contributed by atoms with E-state index in [1.165, 1.54) is 31.3 Å². The molecule has 1 saturated heterocycles. The summed E-state index contributed by atoms with van der Waals surface area (Å²) in [5, 5.41) is 3.09. The lowest BCUT2D eigenvalue weighted by atomic mass is 9.95. The minimum absolute atomic E-state index is 0.0885. The molecule has 0 bridgehead atoms. The van der Waals surface area contributed by atoms with Crippen LogP contribution in [0.15, 0.2) is 11.6 Å². The molecule has 23 heavy (non-hydrogen) atoms. The van der Waals surface area contributed by atoms with E-state index in [4.69, 9.17) is 0 Å². The van der Waals surface area contributed by atoms with Crippen molar-refractivity contribution in [1.82, 2.24) is 10.2 Å². The van der Waals surface area contributed by atoms with E-state index in [0.717, 1.165) is 51.7 Å². The highest BCUT2D eigenvalue weighted by atomic mass is 16.2. The lowest BCUT2D eigenvalue weighted by molar-refractivity contribution is -0.135. The molecule has 1 aliphatic heterocycles. The van der Waals surface area contributed by atoms with Gasteiger partial charge in [0.2, 0.25) is 11.8 Å². The van der Waals surface area contributed by atoms with Crippen LogP contribution in [0.3, 0.4) is 0 Å². The topological polar surface area (TPSA) is 49.4 Å². The number of allylic oxidation sites excluding steroid dienone is 1. The lowest BCUT2D eigenvalue weighted by Crippen LogP contribution is -2.43. The zero-order chi connectivity index (χ0) is 16.5. The van der Waals surface area contributed by atoms with E-state index in [2.05, 4.69) is 18.3 Å². The fraction of sp³-hybridized carbons (Fsp3) is 0.789. The van der Waals surface area contributed by atoms with Crippen molar-refractivity contribution in [3.8, 4) is 0 Å². The van der Waals surface area contributed by atoms with Crippen molar-refractivity contribution in [2.75, 3.05) is 19.6 Å². The molecule has 0 saturated carbocycles. The molecule has 0 aromatic rings. The van der Waals surface area contributed by atoms with E-state index in [-0.39, 0.29) is 17.7 Å². The number of nitrogens with zero attached hydrogens (tertiary/aromatic N) is 1. The number of unbranched alkanes of at least 4 members (excludes halogenated alkanes) is 1. The fourth-order valence-corrected chi connectivity index (χ4v) is 3.50. The van der Waals surface area contributed by atoms with Crippen LogP contribution in [0.2, 0.25) is 0 Å². The highest BCUT2D eigenvalue weighted by molar-refractivity contribution is 5.80. The number of hydrogen-bond donors (Lipinski definition) is 1. The summed E-state index contributed by atoms with van der Waals surface area (Å²) in [6.45, 7) is 4.35. The van der Waals surface area contributed by atoms with E-state index in [0.29, 0.717) is 6.42 Å². The van der Waals surface area contributed by atoms with Crippen LogP contribution in [0.1, 0.15) is 71.1 Å². The summed E-state index contributed by atoms with van der Waals surface area (Å²) < 4.78 is 0. The van der Waals surface area contributed by atoms with Crippen LogP contribution in [0.5, 0.6) is 0 Å². The summed E-state index contributed by atoms with van der Waals surface area (Å²) in [6, 6.07) is 0. The molecular formula is C19H32N2O2. The molecule has 0 aromatic carbocycles. The Morgan fingerprint density at radius 3 is 2.70 bits per heavy atom. The molecule has 2 amide bonds. The number of amides is 2. The summed E-state index contributed by atoms with van der Waals surface area (Å²) in [4.78, 5) is 26.2. The first-order chi connectivity index (χ1) is 11.2. The van der Waals surface area contributed by atoms with Crippen molar-refractivity contribution in [3.63, 3.8) is 0 Å². The second-order valence-electron chi connectivity index (χ2n) is 6.91. The number of carbonyl (C=O) groups is 2. The number of nitrogens with one attached hydrogen (secondary N) is 1. The summed E-state index contributed by atoms with van der Waals surface area (Å²) in [5.74, 6) is 0.530. The van der Waals surface area contributed by atoms with Gasteiger partial charge in [-0.2, -0.15) is 0 Å². The largest absolute Gasteiger partial charge is 0.356 e. The maximum Gasteiger partial charge on any atom is 0.223 e. The van der Waals surface area contributed by atoms with Gasteiger partial charge in [0.05, 0.1) is 0 Å². The van der Waals surface area contributed by atoms with Crippen molar-refractivity contribution < 1.29 is 9.59 Å². The molecule has 0 spiro atoms.